The highest BCUT2D eigenvalue weighted by Crippen LogP contribution is 2.47. The monoisotopic (exact) mass is 1220 g/mol. The summed E-state index contributed by atoms with van der Waals surface area (Å²) in [6.45, 7) is 6.57. The Kier molecular flexibility index (Phi) is 20.1. The molecule has 7 atom stereocenters. The highest BCUT2D eigenvalue weighted by Gasteiger charge is 2.58. The zero-order valence-corrected chi connectivity index (χ0v) is 49.3. The molecule has 2 aliphatic rings. The molecule has 0 radical (unpaired) electrons. The largest absolute Gasteiger partial charge is 0.455 e. The Hall–Kier alpha value is -8.57. The van der Waals surface area contributed by atoms with Gasteiger partial charge in [0.25, 0.3) is 0 Å². The summed E-state index contributed by atoms with van der Waals surface area (Å²) in [4.78, 5) is 20.8. The Labute approximate surface area is 507 Å². The molecule has 2 aliphatic heterocycles. The van der Waals surface area contributed by atoms with E-state index in [1.54, 1.807) is 16.0 Å². The first-order valence-corrected chi connectivity index (χ1v) is 28.9. The maximum atomic E-state index is 12.9. The van der Waals surface area contributed by atoms with Crippen LogP contribution in [-0.2, 0) is 82.3 Å². The van der Waals surface area contributed by atoms with Gasteiger partial charge in [-0.2, -0.15) is 9.97 Å². The van der Waals surface area contributed by atoms with E-state index in [0.29, 0.717) is 56.8 Å². The molecular formula is C66H69BrN10O9. The molecule has 0 bridgehead atoms. The predicted octanol–water partition coefficient (Wildman–Crippen LogP) is 10.5. The summed E-state index contributed by atoms with van der Waals surface area (Å²) < 4.78 is 54.5. The van der Waals surface area contributed by atoms with E-state index in [2.05, 4.69) is 36.1 Å². The quantitative estimate of drug-likeness (QED) is 0.0488. The van der Waals surface area contributed by atoms with Gasteiger partial charge in [0.2, 0.25) is 11.9 Å². The number of nitrogen functional groups attached to an aromatic ring is 4. The number of esters is 1. The molecule has 12 rings (SSSR count). The second-order valence-electron chi connectivity index (χ2n) is 21.0. The number of anilines is 4. The third kappa shape index (κ3) is 14.9. The van der Waals surface area contributed by atoms with Crippen molar-refractivity contribution in [3.8, 4) is 0 Å². The van der Waals surface area contributed by atoms with Gasteiger partial charge >= 0.3 is 5.97 Å². The summed E-state index contributed by atoms with van der Waals surface area (Å²) in [6.07, 6.45) is -2.66. The molecule has 8 N–H and O–H groups in total. The average molecular weight is 1230 g/mol. The van der Waals surface area contributed by atoms with Crippen LogP contribution in [0, 0.1) is 0 Å². The first kappa shape index (κ1) is 60.5. The first-order valence-electron chi connectivity index (χ1n) is 28.1. The van der Waals surface area contributed by atoms with Gasteiger partial charge in [0.05, 0.1) is 58.5 Å². The molecule has 0 amide bonds. The Morgan fingerprint density at radius 3 is 1.36 bits per heavy atom. The molecule has 2 saturated heterocycles. The Balaban J connectivity index is 0.000000163. The fraction of sp³-hybridized carbons (Fsp3) is 0.258. The molecule has 2 fully saturated rings. The molecule has 6 aromatic carbocycles. The normalized spacial score (nSPS) is 20.7. The molecule has 19 nitrogen and oxygen atoms in total. The van der Waals surface area contributed by atoms with Gasteiger partial charge in [-0.1, -0.05) is 182 Å². The Bertz CT molecular complexity index is 3750. The van der Waals surface area contributed by atoms with Gasteiger partial charge in [-0.15, -0.1) is 10.2 Å². The lowest BCUT2D eigenvalue weighted by atomic mass is 9.90. The summed E-state index contributed by atoms with van der Waals surface area (Å²) in [6, 6.07) is 67.1. The molecule has 6 heterocycles. The minimum atomic E-state index is -1.23. The number of hydrogen-bond donors (Lipinski definition) is 4. The number of benzene rings is 6. The zero-order valence-electron chi connectivity index (χ0n) is 47.7. The van der Waals surface area contributed by atoms with Gasteiger partial charge in [-0.25, -0.2) is 13.8 Å². The van der Waals surface area contributed by atoms with Crippen LogP contribution in [0.15, 0.2) is 211 Å². The van der Waals surface area contributed by atoms with Crippen molar-refractivity contribution in [2.45, 2.75) is 95.2 Å². The number of hydrogen-bond acceptors (Lipinski definition) is 17. The number of carbonyl (C=O) groups is 1. The number of nitrogens with two attached hydrogens (primary N) is 4. The maximum Gasteiger partial charge on any atom is 0.341 e. The molecule has 0 aliphatic carbocycles. The molecule has 444 valence electrons. The lowest BCUT2D eigenvalue weighted by Crippen LogP contribution is -2.48. The fourth-order valence-corrected chi connectivity index (χ4v) is 10.7. The van der Waals surface area contributed by atoms with Crippen LogP contribution in [0.1, 0.15) is 59.0 Å². The Morgan fingerprint density at radius 2 is 0.872 bits per heavy atom. The van der Waals surface area contributed by atoms with Crippen LogP contribution < -0.4 is 22.9 Å². The zero-order chi connectivity index (χ0) is 59.9. The second kappa shape index (κ2) is 28.5. The van der Waals surface area contributed by atoms with Gasteiger partial charge in [-0.3, -0.25) is 0 Å². The number of aromatic nitrogens is 6. The highest BCUT2D eigenvalue weighted by atomic mass is 79.9. The molecule has 0 unspecified atom stereocenters. The lowest BCUT2D eigenvalue weighted by molar-refractivity contribution is -0.167. The van der Waals surface area contributed by atoms with E-state index in [0.717, 1.165) is 49.2 Å². The summed E-state index contributed by atoms with van der Waals surface area (Å²) in [5, 5.41) is 8.42. The molecule has 10 aromatic rings. The van der Waals surface area contributed by atoms with Crippen LogP contribution in [0.25, 0.3) is 11.0 Å². The predicted molar refractivity (Wildman–Crippen MR) is 330 cm³/mol. The standard InChI is InChI=1S/C33H35N5O4.C27H28O5.C6H6BrN5/c1-33(41-21-25-15-9-4-10-16-25)29(26-17-18-27-31(34)36-32(35)37-38(26)27)42-28(22-39-19-23-11-5-2-6-12-23)30(33)40-20-24-13-7-3-8-14-24;1-27(31-19-23-15-9-4-10-16-23)25(30-18-22-13-7-3-8-14-22)24(32-26(27)28)20-29-17-21-11-5-2-6-12-21;7-4-2-1-3-5(8)10-6(9)11-12(3)4/h2-18,28-30H,19-22H2,1H3,(H4,34,35,36,37);2-16,24-25H,17-20H2,1H3;1-2H,(H4,8,9,10,11)/t28-,29+,30-,33+;24-,25-,27-;/m11./s1. The van der Waals surface area contributed by atoms with E-state index in [4.69, 9.17) is 60.8 Å². The van der Waals surface area contributed by atoms with E-state index in [9.17, 15) is 4.79 Å². The maximum absolute atomic E-state index is 12.9. The van der Waals surface area contributed by atoms with Gasteiger partial charge in [-0.05, 0) is 87.4 Å². The van der Waals surface area contributed by atoms with Crippen LogP contribution >= 0.6 is 15.9 Å². The topological polar surface area (TPSA) is 255 Å². The van der Waals surface area contributed by atoms with Crippen molar-refractivity contribution in [2.24, 2.45) is 0 Å². The van der Waals surface area contributed by atoms with Crippen LogP contribution in [0.5, 0.6) is 0 Å². The van der Waals surface area contributed by atoms with E-state index in [-0.39, 0.29) is 25.1 Å². The number of fused-ring (bicyclic) bond motifs is 2. The number of cyclic esters (lactones) is 1. The van der Waals surface area contributed by atoms with Crippen LogP contribution in [0.3, 0.4) is 0 Å². The fourth-order valence-electron chi connectivity index (χ4n) is 10.3. The Morgan fingerprint density at radius 1 is 0.477 bits per heavy atom. The van der Waals surface area contributed by atoms with Gasteiger partial charge in [0.1, 0.15) is 45.7 Å². The van der Waals surface area contributed by atoms with Crippen molar-refractivity contribution in [3.05, 3.63) is 250 Å². The molecule has 4 aromatic heterocycles. The third-order valence-electron chi connectivity index (χ3n) is 14.7. The minimum Gasteiger partial charge on any atom is -0.455 e. The van der Waals surface area contributed by atoms with Gasteiger partial charge in [0, 0.05) is 0 Å². The van der Waals surface area contributed by atoms with E-state index in [1.165, 1.54) is 0 Å². The average Bonchev–Trinajstić information content (AvgIpc) is 2.00. The SMILES string of the molecule is C[C@@]1(OCc2ccccc2)[C@H](OCc2ccccc2)[C@@H](COCc2ccccc2)O[C@H]1c1ccc2c(N)nc(N)nn12.C[C@]1(OCc2ccccc2)C(=O)O[C@H](COCc2ccccc2)[C@H]1OCc1ccccc1.Nc1nc(N)c2ccc(Br)n2n1. The summed E-state index contributed by atoms with van der Waals surface area (Å²) >= 11 is 3.30. The number of carbonyl (C=O) groups excluding carboxylic acids is 1. The molecular weight excluding hydrogens is 1160 g/mol. The van der Waals surface area contributed by atoms with E-state index < -0.39 is 47.7 Å². The summed E-state index contributed by atoms with van der Waals surface area (Å²) in [5.41, 5.74) is 29.4. The molecule has 20 heteroatoms. The number of ether oxygens (including phenoxy) is 8. The first-order chi connectivity index (χ1) is 41.8. The third-order valence-corrected chi connectivity index (χ3v) is 15.3. The van der Waals surface area contributed by atoms with E-state index >= 15 is 0 Å². The van der Waals surface area contributed by atoms with Crippen LogP contribution in [0.4, 0.5) is 23.5 Å². The van der Waals surface area contributed by atoms with Gasteiger partial charge < -0.3 is 60.8 Å². The van der Waals surface area contributed by atoms with Crippen LogP contribution in [0.2, 0.25) is 0 Å². The van der Waals surface area contributed by atoms with Crippen molar-refractivity contribution in [2.75, 3.05) is 36.1 Å². The number of halogens is 1. The summed E-state index contributed by atoms with van der Waals surface area (Å²) in [7, 11) is 0. The van der Waals surface area contributed by atoms with Gasteiger partial charge in [0.15, 0.2) is 23.3 Å². The van der Waals surface area contributed by atoms with Crippen molar-refractivity contribution in [1.29, 1.82) is 0 Å². The summed E-state index contributed by atoms with van der Waals surface area (Å²) in [5.74, 6) is 0.477. The van der Waals surface area contributed by atoms with Crippen molar-refractivity contribution in [3.63, 3.8) is 0 Å². The number of nitrogens with zero attached hydrogens (tertiary/aromatic N) is 6. The smallest absolute Gasteiger partial charge is 0.341 e. The van der Waals surface area contributed by atoms with Crippen molar-refractivity contribution < 1.29 is 42.7 Å². The lowest BCUT2D eigenvalue weighted by Gasteiger charge is -2.35. The van der Waals surface area contributed by atoms with Crippen LogP contribution in [-0.4, -0.2) is 84.0 Å². The number of rotatable bonds is 21. The molecule has 0 spiro atoms. The highest BCUT2D eigenvalue weighted by molar-refractivity contribution is 9.10. The second-order valence-corrected chi connectivity index (χ2v) is 21.8. The van der Waals surface area contributed by atoms with Crippen molar-refractivity contribution in [1.82, 2.24) is 29.2 Å². The van der Waals surface area contributed by atoms with Crippen molar-refractivity contribution >= 4 is 56.5 Å². The molecule has 0 saturated carbocycles. The molecule has 86 heavy (non-hydrogen) atoms. The minimum absolute atomic E-state index is 0.0713. The van der Waals surface area contributed by atoms with E-state index in [1.807, 2.05) is 213 Å².